The summed E-state index contributed by atoms with van der Waals surface area (Å²) in [5.74, 6) is 0.891. The van der Waals surface area contributed by atoms with E-state index in [0.717, 1.165) is 22.0 Å². The molecule has 1 aliphatic heterocycles. The van der Waals surface area contributed by atoms with Crippen molar-refractivity contribution in [1.29, 1.82) is 0 Å². The molecule has 1 aliphatic rings. The van der Waals surface area contributed by atoms with Crippen LogP contribution in [0.25, 0.3) is 0 Å². The number of benzene rings is 2. The average Bonchev–Trinajstić information content (AvgIpc) is 2.96. The van der Waals surface area contributed by atoms with Crippen LogP contribution >= 0.6 is 39.1 Å². The van der Waals surface area contributed by atoms with Gasteiger partial charge in [-0.05, 0) is 41.8 Å². The van der Waals surface area contributed by atoms with Gasteiger partial charge in [0.05, 0.1) is 22.1 Å². The summed E-state index contributed by atoms with van der Waals surface area (Å²) in [5.41, 5.74) is 8.00. The fourth-order valence-electron chi connectivity index (χ4n) is 3.13. The number of hydrogen-bond acceptors (Lipinski definition) is 4. The average molecular weight is 439 g/mol. The van der Waals surface area contributed by atoms with Gasteiger partial charge in [0.25, 0.3) is 0 Å². The standard InChI is InChI=1S/C17H14BrCl2N5/c18-11-3-1-2-10(6-11)15-8-14(9-4-5-12(19)13(20)7-9)22-17-23-16(21)24-25(15)17/h1-7,14-15H,8H2,(H3,21,22,23,24)/t14-,15+/m1/s1. The van der Waals surface area contributed by atoms with E-state index in [9.17, 15) is 0 Å². The van der Waals surface area contributed by atoms with E-state index in [1.165, 1.54) is 0 Å². The van der Waals surface area contributed by atoms with Crippen LogP contribution in [0.5, 0.6) is 0 Å². The minimum absolute atomic E-state index is 0.0120. The van der Waals surface area contributed by atoms with Gasteiger partial charge in [-0.25, -0.2) is 4.68 Å². The van der Waals surface area contributed by atoms with Crippen molar-refractivity contribution >= 4 is 51.0 Å². The highest BCUT2D eigenvalue weighted by atomic mass is 79.9. The molecule has 0 saturated carbocycles. The van der Waals surface area contributed by atoms with E-state index in [-0.39, 0.29) is 18.0 Å². The molecule has 4 rings (SSSR count). The lowest BCUT2D eigenvalue weighted by Crippen LogP contribution is -2.28. The highest BCUT2D eigenvalue weighted by Gasteiger charge is 2.31. The summed E-state index contributed by atoms with van der Waals surface area (Å²) in [6, 6.07) is 13.9. The van der Waals surface area contributed by atoms with E-state index in [1.807, 2.05) is 35.0 Å². The molecule has 8 heteroatoms. The number of aromatic nitrogens is 3. The Morgan fingerprint density at radius 3 is 2.72 bits per heavy atom. The van der Waals surface area contributed by atoms with Crippen molar-refractivity contribution in [3.05, 3.63) is 68.1 Å². The van der Waals surface area contributed by atoms with Crippen LogP contribution in [0.3, 0.4) is 0 Å². The van der Waals surface area contributed by atoms with E-state index in [2.05, 4.69) is 43.5 Å². The van der Waals surface area contributed by atoms with Crippen molar-refractivity contribution < 1.29 is 0 Å². The van der Waals surface area contributed by atoms with Crippen molar-refractivity contribution in [3.8, 4) is 0 Å². The zero-order valence-electron chi connectivity index (χ0n) is 13.0. The summed E-state index contributed by atoms with van der Waals surface area (Å²) in [6.45, 7) is 0. The molecule has 0 bridgehead atoms. The predicted molar refractivity (Wildman–Crippen MR) is 104 cm³/mol. The van der Waals surface area contributed by atoms with Gasteiger partial charge in [0.1, 0.15) is 0 Å². The monoisotopic (exact) mass is 437 g/mol. The third-order valence-electron chi connectivity index (χ3n) is 4.28. The Bertz CT molecular complexity index is 943. The Hall–Kier alpha value is -1.76. The number of fused-ring (bicyclic) bond motifs is 1. The van der Waals surface area contributed by atoms with Crippen LogP contribution in [0, 0.1) is 0 Å². The lowest BCUT2D eigenvalue weighted by molar-refractivity contribution is 0.431. The molecule has 5 nitrogen and oxygen atoms in total. The molecule has 3 aromatic rings. The molecule has 2 atom stereocenters. The summed E-state index contributed by atoms with van der Waals surface area (Å²) in [6.07, 6.45) is 0.782. The predicted octanol–water partition coefficient (Wildman–Crippen LogP) is 5.08. The van der Waals surface area contributed by atoms with Crippen LogP contribution in [0.4, 0.5) is 11.9 Å². The first-order valence-electron chi connectivity index (χ1n) is 7.70. The Morgan fingerprint density at radius 1 is 1.12 bits per heavy atom. The quantitative estimate of drug-likeness (QED) is 0.585. The molecule has 0 saturated heterocycles. The van der Waals surface area contributed by atoms with Crippen LogP contribution in [0.2, 0.25) is 10.0 Å². The molecular formula is C17H14BrCl2N5. The van der Waals surface area contributed by atoms with Gasteiger partial charge in [-0.3, -0.25) is 0 Å². The smallest absolute Gasteiger partial charge is 0.241 e. The largest absolute Gasteiger partial charge is 0.366 e. The van der Waals surface area contributed by atoms with E-state index < -0.39 is 0 Å². The number of nitrogen functional groups attached to an aromatic ring is 1. The SMILES string of the molecule is Nc1nc2n(n1)[C@H](c1cccc(Br)c1)C[C@H](c1ccc(Cl)c(Cl)c1)N2. The molecule has 0 fully saturated rings. The molecule has 1 aromatic heterocycles. The van der Waals surface area contributed by atoms with Gasteiger partial charge < -0.3 is 11.1 Å². The Morgan fingerprint density at radius 2 is 1.96 bits per heavy atom. The number of anilines is 2. The number of nitrogens with zero attached hydrogens (tertiary/aromatic N) is 3. The Kier molecular flexibility index (Phi) is 4.35. The van der Waals surface area contributed by atoms with Crippen LogP contribution in [0.1, 0.15) is 29.6 Å². The zero-order chi connectivity index (χ0) is 17.6. The Balaban J connectivity index is 1.77. The summed E-state index contributed by atoms with van der Waals surface area (Å²) < 4.78 is 2.86. The normalized spacial score (nSPS) is 19.3. The third kappa shape index (κ3) is 3.21. The molecule has 0 unspecified atom stereocenters. The fourth-order valence-corrected chi connectivity index (χ4v) is 3.86. The van der Waals surface area contributed by atoms with Crippen LogP contribution in [-0.2, 0) is 0 Å². The summed E-state index contributed by atoms with van der Waals surface area (Å²) in [7, 11) is 0. The van der Waals surface area contributed by atoms with Gasteiger partial charge in [-0.2, -0.15) is 4.98 Å². The molecular weight excluding hydrogens is 425 g/mol. The van der Waals surface area contributed by atoms with Crippen LogP contribution in [0.15, 0.2) is 46.9 Å². The summed E-state index contributed by atoms with van der Waals surface area (Å²) >= 11 is 15.8. The lowest BCUT2D eigenvalue weighted by atomic mass is 9.93. The lowest BCUT2D eigenvalue weighted by Gasteiger charge is -2.32. The zero-order valence-corrected chi connectivity index (χ0v) is 16.1. The van der Waals surface area contributed by atoms with Crippen molar-refractivity contribution in [3.63, 3.8) is 0 Å². The van der Waals surface area contributed by atoms with Gasteiger partial charge in [0, 0.05) is 4.47 Å². The van der Waals surface area contributed by atoms with Gasteiger partial charge in [-0.1, -0.05) is 57.3 Å². The molecule has 2 heterocycles. The Labute approximate surface area is 163 Å². The summed E-state index contributed by atoms with van der Waals surface area (Å²) in [5, 5.41) is 8.82. The van der Waals surface area contributed by atoms with E-state index in [4.69, 9.17) is 28.9 Å². The molecule has 3 N–H and O–H groups in total. The minimum atomic E-state index is 0.0120. The fraction of sp³-hybridized carbons (Fsp3) is 0.176. The number of nitrogens with two attached hydrogens (primary N) is 1. The second-order valence-electron chi connectivity index (χ2n) is 5.92. The highest BCUT2D eigenvalue weighted by molar-refractivity contribution is 9.10. The van der Waals surface area contributed by atoms with E-state index in [1.54, 1.807) is 0 Å². The minimum Gasteiger partial charge on any atom is -0.366 e. The molecule has 2 aromatic carbocycles. The number of halogens is 3. The molecule has 0 amide bonds. The van der Waals surface area contributed by atoms with Gasteiger partial charge in [-0.15, -0.1) is 5.10 Å². The molecule has 25 heavy (non-hydrogen) atoms. The second-order valence-corrected chi connectivity index (χ2v) is 7.65. The van der Waals surface area contributed by atoms with Crippen molar-refractivity contribution in [2.24, 2.45) is 0 Å². The van der Waals surface area contributed by atoms with Gasteiger partial charge in [0.15, 0.2) is 0 Å². The molecule has 128 valence electrons. The van der Waals surface area contributed by atoms with Crippen molar-refractivity contribution in [2.75, 3.05) is 11.1 Å². The number of hydrogen-bond donors (Lipinski definition) is 2. The molecule has 0 aliphatic carbocycles. The maximum Gasteiger partial charge on any atom is 0.241 e. The summed E-state index contributed by atoms with van der Waals surface area (Å²) in [4.78, 5) is 4.31. The van der Waals surface area contributed by atoms with Crippen LogP contribution in [-0.4, -0.2) is 14.8 Å². The van der Waals surface area contributed by atoms with Crippen molar-refractivity contribution in [1.82, 2.24) is 14.8 Å². The first kappa shape index (κ1) is 16.7. The van der Waals surface area contributed by atoms with Gasteiger partial charge in [0.2, 0.25) is 11.9 Å². The van der Waals surface area contributed by atoms with E-state index in [0.29, 0.717) is 16.0 Å². The van der Waals surface area contributed by atoms with E-state index >= 15 is 0 Å². The molecule has 0 radical (unpaired) electrons. The second kappa shape index (κ2) is 6.52. The maximum absolute atomic E-state index is 6.19. The maximum atomic E-state index is 6.19. The third-order valence-corrected chi connectivity index (χ3v) is 5.52. The number of rotatable bonds is 2. The highest BCUT2D eigenvalue weighted by Crippen LogP contribution is 2.39. The molecule has 0 spiro atoms. The van der Waals surface area contributed by atoms with Gasteiger partial charge >= 0.3 is 0 Å². The van der Waals surface area contributed by atoms with Crippen molar-refractivity contribution in [2.45, 2.75) is 18.5 Å². The van der Waals surface area contributed by atoms with Crippen LogP contribution < -0.4 is 11.1 Å². The first-order chi connectivity index (χ1) is 12.0. The number of nitrogens with one attached hydrogen (secondary N) is 1. The first-order valence-corrected chi connectivity index (χ1v) is 9.25. The topological polar surface area (TPSA) is 68.8 Å².